The van der Waals surface area contributed by atoms with Crippen molar-refractivity contribution in [2.24, 2.45) is 0 Å². The number of nitrogens with one attached hydrogen (secondary N) is 2. The normalized spacial score (nSPS) is 10.4. The third kappa shape index (κ3) is 3.48. The van der Waals surface area contributed by atoms with E-state index in [0.29, 0.717) is 0 Å². The van der Waals surface area contributed by atoms with Gasteiger partial charge in [0.2, 0.25) is 5.91 Å². The van der Waals surface area contributed by atoms with Crippen LogP contribution in [-0.2, 0) is 11.3 Å². The number of aromatic amines is 1. The highest BCUT2D eigenvalue weighted by Gasteiger charge is 2.10. The lowest BCUT2D eigenvalue weighted by Gasteiger charge is -2.09. The minimum absolute atomic E-state index is 0.0866. The fraction of sp³-hybridized carbons (Fsp3) is 0.0833. The summed E-state index contributed by atoms with van der Waals surface area (Å²) in [6.45, 7) is -0.411. The van der Waals surface area contributed by atoms with Gasteiger partial charge in [0.25, 0.3) is 5.56 Å². The molecule has 0 radical (unpaired) electrons. The number of hydrogen-bond donors (Lipinski definition) is 3. The molecule has 0 spiro atoms. The molecule has 2 aromatic rings. The second-order valence-electron chi connectivity index (χ2n) is 4.14. The molecule has 0 unspecified atom stereocenters. The molecule has 0 aliphatic rings. The maximum absolute atomic E-state index is 13.1. The van der Waals surface area contributed by atoms with Gasteiger partial charge in [-0.1, -0.05) is 11.6 Å². The van der Waals surface area contributed by atoms with Crippen LogP contribution in [0, 0.1) is 5.82 Å². The molecule has 7 nitrogen and oxygen atoms in total. The number of nitrogens with two attached hydrogens (primary N) is 1. The van der Waals surface area contributed by atoms with E-state index in [1.165, 1.54) is 6.07 Å². The van der Waals surface area contributed by atoms with Gasteiger partial charge in [-0.2, -0.15) is 0 Å². The zero-order valence-corrected chi connectivity index (χ0v) is 11.3. The Hall–Kier alpha value is -2.61. The van der Waals surface area contributed by atoms with Crippen molar-refractivity contribution in [2.75, 3.05) is 11.1 Å². The average molecular weight is 313 g/mol. The number of aromatic nitrogens is 2. The van der Waals surface area contributed by atoms with Gasteiger partial charge in [-0.3, -0.25) is 19.1 Å². The molecule has 1 heterocycles. The number of carbonyl (C=O) groups is 1. The van der Waals surface area contributed by atoms with Crippen LogP contribution < -0.4 is 22.3 Å². The second kappa shape index (κ2) is 5.80. The number of nitrogens with zero attached hydrogens (tertiary/aromatic N) is 1. The van der Waals surface area contributed by atoms with E-state index in [1.54, 1.807) is 0 Å². The summed E-state index contributed by atoms with van der Waals surface area (Å²) in [6, 6.07) is 3.50. The third-order valence-corrected chi connectivity index (χ3v) is 2.84. The van der Waals surface area contributed by atoms with Crippen LogP contribution in [0.25, 0.3) is 0 Å². The summed E-state index contributed by atoms with van der Waals surface area (Å²) in [5, 5.41) is 2.13. The molecule has 0 saturated heterocycles. The van der Waals surface area contributed by atoms with Crippen molar-refractivity contribution in [3.63, 3.8) is 0 Å². The molecule has 0 atom stereocenters. The number of nitrogen functional groups attached to an aromatic ring is 1. The van der Waals surface area contributed by atoms with Crippen LogP contribution in [0.3, 0.4) is 0 Å². The van der Waals surface area contributed by atoms with Gasteiger partial charge in [-0.15, -0.1) is 0 Å². The van der Waals surface area contributed by atoms with Crippen molar-refractivity contribution in [1.29, 1.82) is 0 Å². The molecule has 110 valence electrons. The third-order valence-electron chi connectivity index (χ3n) is 2.57. The summed E-state index contributed by atoms with van der Waals surface area (Å²) in [5.74, 6) is -1.19. The molecular formula is C12H10ClFN4O3. The minimum atomic E-state index is -0.785. The summed E-state index contributed by atoms with van der Waals surface area (Å²) in [7, 11) is 0. The molecule has 0 saturated carbocycles. The van der Waals surface area contributed by atoms with Crippen LogP contribution in [0.4, 0.5) is 15.8 Å². The summed E-state index contributed by atoms with van der Waals surface area (Å²) in [5.41, 5.74) is 4.32. The van der Waals surface area contributed by atoms with E-state index in [9.17, 15) is 18.8 Å². The van der Waals surface area contributed by atoms with Crippen LogP contribution in [0.5, 0.6) is 0 Å². The number of halogens is 2. The Balaban J connectivity index is 2.19. The van der Waals surface area contributed by atoms with Gasteiger partial charge >= 0.3 is 5.69 Å². The molecule has 1 aromatic heterocycles. The summed E-state index contributed by atoms with van der Waals surface area (Å²) >= 11 is 5.57. The number of H-pyrrole nitrogens is 1. The van der Waals surface area contributed by atoms with E-state index in [4.69, 9.17) is 17.3 Å². The van der Waals surface area contributed by atoms with Crippen LogP contribution in [0.1, 0.15) is 0 Å². The lowest BCUT2D eigenvalue weighted by Crippen LogP contribution is -2.33. The van der Waals surface area contributed by atoms with Gasteiger partial charge in [-0.05, 0) is 18.2 Å². The van der Waals surface area contributed by atoms with Crippen molar-refractivity contribution >= 4 is 28.9 Å². The van der Waals surface area contributed by atoms with E-state index in [1.807, 2.05) is 4.98 Å². The first-order valence-corrected chi connectivity index (χ1v) is 6.09. The van der Waals surface area contributed by atoms with Crippen molar-refractivity contribution in [3.05, 3.63) is 56.1 Å². The SMILES string of the molecule is Nc1ccc(F)cc1NC(=O)Cn1cc(Cl)c(=O)[nH]c1=O. The summed E-state index contributed by atoms with van der Waals surface area (Å²) < 4.78 is 14.0. The highest BCUT2D eigenvalue weighted by Crippen LogP contribution is 2.19. The van der Waals surface area contributed by atoms with Gasteiger partial charge in [0, 0.05) is 6.20 Å². The molecular weight excluding hydrogens is 303 g/mol. The first kappa shape index (κ1) is 14.8. The molecule has 1 aromatic carbocycles. The molecule has 9 heteroatoms. The molecule has 21 heavy (non-hydrogen) atoms. The monoisotopic (exact) mass is 312 g/mol. The highest BCUT2D eigenvalue weighted by atomic mass is 35.5. The lowest BCUT2D eigenvalue weighted by atomic mass is 10.2. The van der Waals surface area contributed by atoms with Gasteiger partial charge in [-0.25, -0.2) is 9.18 Å². The first-order chi connectivity index (χ1) is 9.86. The Morgan fingerprint density at radius 2 is 2.14 bits per heavy atom. The zero-order valence-electron chi connectivity index (χ0n) is 10.5. The maximum Gasteiger partial charge on any atom is 0.328 e. The Morgan fingerprint density at radius 1 is 1.43 bits per heavy atom. The minimum Gasteiger partial charge on any atom is -0.397 e. The predicted octanol–water partition coefficient (Wildman–Crippen LogP) is 0.550. The molecule has 0 fully saturated rings. The molecule has 2 rings (SSSR count). The van der Waals surface area contributed by atoms with E-state index in [0.717, 1.165) is 22.9 Å². The molecule has 0 aliphatic carbocycles. The molecule has 0 bridgehead atoms. The van der Waals surface area contributed by atoms with Crippen molar-refractivity contribution in [3.8, 4) is 0 Å². The molecule has 0 aliphatic heterocycles. The van der Waals surface area contributed by atoms with Crippen molar-refractivity contribution < 1.29 is 9.18 Å². The standard InChI is InChI=1S/C12H10ClFN4O3/c13-7-4-18(12(21)17-11(7)20)5-10(19)16-9-3-6(14)1-2-8(9)15/h1-4H,5,15H2,(H,16,19)(H,17,20,21). The van der Waals surface area contributed by atoms with Crippen LogP contribution in [-0.4, -0.2) is 15.5 Å². The number of amides is 1. The zero-order chi connectivity index (χ0) is 15.6. The lowest BCUT2D eigenvalue weighted by molar-refractivity contribution is -0.116. The van der Waals surface area contributed by atoms with Gasteiger partial charge < -0.3 is 11.1 Å². The fourth-order valence-electron chi connectivity index (χ4n) is 1.58. The van der Waals surface area contributed by atoms with E-state index < -0.39 is 29.5 Å². The molecule has 1 amide bonds. The highest BCUT2D eigenvalue weighted by molar-refractivity contribution is 6.30. The van der Waals surface area contributed by atoms with Crippen LogP contribution in [0.15, 0.2) is 34.0 Å². The second-order valence-corrected chi connectivity index (χ2v) is 4.55. The number of anilines is 2. The fourth-order valence-corrected chi connectivity index (χ4v) is 1.75. The summed E-state index contributed by atoms with van der Waals surface area (Å²) in [6.07, 6.45) is 1.04. The van der Waals surface area contributed by atoms with Crippen molar-refractivity contribution in [1.82, 2.24) is 9.55 Å². The maximum atomic E-state index is 13.1. The quantitative estimate of drug-likeness (QED) is 0.719. The number of benzene rings is 1. The van der Waals surface area contributed by atoms with E-state index in [2.05, 4.69) is 5.32 Å². The van der Waals surface area contributed by atoms with E-state index in [-0.39, 0.29) is 16.4 Å². The van der Waals surface area contributed by atoms with Crippen molar-refractivity contribution in [2.45, 2.75) is 6.54 Å². The largest absolute Gasteiger partial charge is 0.397 e. The Kier molecular flexibility index (Phi) is 4.08. The Morgan fingerprint density at radius 3 is 2.86 bits per heavy atom. The average Bonchev–Trinajstić information content (AvgIpc) is 2.40. The Bertz CT molecular complexity index is 815. The Labute approximate surface area is 122 Å². The van der Waals surface area contributed by atoms with Gasteiger partial charge in [0.1, 0.15) is 17.4 Å². The molecule has 4 N–H and O–H groups in total. The van der Waals surface area contributed by atoms with Crippen LogP contribution >= 0.6 is 11.6 Å². The predicted molar refractivity (Wildman–Crippen MR) is 75.8 cm³/mol. The number of rotatable bonds is 3. The summed E-state index contributed by atoms with van der Waals surface area (Å²) in [4.78, 5) is 36.3. The smallest absolute Gasteiger partial charge is 0.328 e. The van der Waals surface area contributed by atoms with Gasteiger partial charge in [0.05, 0.1) is 11.4 Å². The first-order valence-electron chi connectivity index (χ1n) is 5.71. The van der Waals surface area contributed by atoms with Crippen LogP contribution in [0.2, 0.25) is 5.02 Å². The van der Waals surface area contributed by atoms with Gasteiger partial charge in [0.15, 0.2) is 0 Å². The number of hydrogen-bond acceptors (Lipinski definition) is 4. The topological polar surface area (TPSA) is 110 Å². The number of carbonyl (C=O) groups excluding carboxylic acids is 1. The van der Waals surface area contributed by atoms with E-state index >= 15 is 0 Å².